The molecular formula is C18H35NO2. The average Bonchev–Trinajstić information content (AvgIpc) is 2.48. The zero-order valence-electron chi connectivity index (χ0n) is 14.3. The van der Waals surface area contributed by atoms with Gasteiger partial charge in [-0.25, -0.2) is 0 Å². The van der Waals surface area contributed by atoms with Crippen molar-refractivity contribution >= 4 is 0 Å². The van der Waals surface area contributed by atoms with E-state index in [-0.39, 0.29) is 5.60 Å². The predicted molar refractivity (Wildman–Crippen MR) is 87.6 cm³/mol. The Hall–Kier alpha value is -0.120. The highest BCUT2D eigenvalue weighted by Gasteiger charge is 2.38. The monoisotopic (exact) mass is 297 g/mol. The van der Waals surface area contributed by atoms with Crippen LogP contribution in [-0.2, 0) is 9.47 Å². The minimum Gasteiger partial charge on any atom is -0.381 e. The Kier molecular flexibility index (Phi) is 6.97. The molecule has 2 fully saturated rings. The lowest BCUT2D eigenvalue weighted by Gasteiger charge is -2.43. The standard InChI is InChI=1S/C18H35NO2/c1-4-10-19-17(15(2)3)6-5-16-7-11-21-18(14-16)8-12-20-13-9-18/h15-17,19H,4-14H2,1-3H3. The van der Waals surface area contributed by atoms with Crippen molar-refractivity contribution in [3.63, 3.8) is 0 Å². The Balaban J connectivity index is 1.78. The largest absolute Gasteiger partial charge is 0.381 e. The second-order valence-corrected chi connectivity index (χ2v) is 7.38. The smallest absolute Gasteiger partial charge is 0.0729 e. The van der Waals surface area contributed by atoms with Crippen LogP contribution in [0.4, 0.5) is 0 Å². The fourth-order valence-corrected chi connectivity index (χ4v) is 3.88. The SMILES string of the molecule is CCCNC(CCC1CCOC2(CCOCC2)C1)C(C)C. The van der Waals surface area contributed by atoms with Crippen molar-refractivity contribution in [2.24, 2.45) is 11.8 Å². The molecule has 0 bridgehead atoms. The van der Waals surface area contributed by atoms with Crippen molar-refractivity contribution in [3.05, 3.63) is 0 Å². The van der Waals surface area contributed by atoms with Gasteiger partial charge in [0.05, 0.1) is 5.60 Å². The Morgan fingerprint density at radius 3 is 2.62 bits per heavy atom. The summed E-state index contributed by atoms with van der Waals surface area (Å²) in [7, 11) is 0. The molecule has 0 amide bonds. The van der Waals surface area contributed by atoms with Gasteiger partial charge >= 0.3 is 0 Å². The fourth-order valence-electron chi connectivity index (χ4n) is 3.88. The molecule has 21 heavy (non-hydrogen) atoms. The third-order valence-corrected chi connectivity index (χ3v) is 5.35. The van der Waals surface area contributed by atoms with Crippen LogP contribution in [-0.4, -0.2) is 38.0 Å². The lowest BCUT2D eigenvalue weighted by atomic mass is 9.78. The summed E-state index contributed by atoms with van der Waals surface area (Å²) in [6.45, 7) is 10.8. The molecule has 0 saturated carbocycles. The van der Waals surface area contributed by atoms with Gasteiger partial charge < -0.3 is 14.8 Å². The van der Waals surface area contributed by atoms with Gasteiger partial charge in [0.25, 0.3) is 0 Å². The minimum atomic E-state index is 0.158. The van der Waals surface area contributed by atoms with Crippen molar-refractivity contribution in [2.45, 2.75) is 77.4 Å². The Labute approximate surface area is 131 Å². The Morgan fingerprint density at radius 2 is 1.95 bits per heavy atom. The molecule has 1 spiro atoms. The van der Waals surface area contributed by atoms with Gasteiger partial charge in [-0.3, -0.25) is 0 Å². The number of nitrogens with one attached hydrogen (secondary N) is 1. The second-order valence-electron chi connectivity index (χ2n) is 7.38. The van der Waals surface area contributed by atoms with Crippen LogP contribution >= 0.6 is 0 Å². The van der Waals surface area contributed by atoms with E-state index in [1.807, 2.05) is 0 Å². The fraction of sp³-hybridized carbons (Fsp3) is 1.00. The van der Waals surface area contributed by atoms with Crippen LogP contribution in [0.1, 0.15) is 65.7 Å². The average molecular weight is 297 g/mol. The van der Waals surface area contributed by atoms with Crippen molar-refractivity contribution in [1.82, 2.24) is 5.32 Å². The first-order valence-corrected chi connectivity index (χ1v) is 9.10. The summed E-state index contributed by atoms with van der Waals surface area (Å²) >= 11 is 0. The van der Waals surface area contributed by atoms with Gasteiger partial charge in [-0.1, -0.05) is 20.8 Å². The topological polar surface area (TPSA) is 30.5 Å². The van der Waals surface area contributed by atoms with Crippen LogP contribution in [0.15, 0.2) is 0 Å². The molecule has 0 aliphatic carbocycles. The van der Waals surface area contributed by atoms with E-state index in [0.717, 1.165) is 51.0 Å². The number of hydrogen-bond acceptors (Lipinski definition) is 3. The third kappa shape index (κ3) is 5.22. The van der Waals surface area contributed by atoms with Gasteiger partial charge in [0.2, 0.25) is 0 Å². The maximum atomic E-state index is 6.16. The first kappa shape index (κ1) is 17.2. The minimum absolute atomic E-state index is 0.158. The lowest BCUT2D eigenvalue weighted by molar-refractivity contribution is -0.147. The van der Waals surface area contributed by atoms with Gasteiger partial charge in [-0.05, 0) is 63.3 Å². The van der Waals surface area contributed by atoms with E-state index in [1.54, 1.807) is 0 Å². The van der Waals surface area contributed by atoms with E-state index in [1.165, 1.54) is 32.1 Å². The van der Waals surface area contributed by atoms with E-state index >= 15 is 0 Å². The molecule has 124 valence electrons. The third-order valence-electron chi connectivity index (χ3n) is 5.35. The molecule has 0 aromatic heterocycles. The van der Waals surface area contributed by atoms with Gasteiger partial charge in [0.1, 0.15) is 0 Å². The Bertz CT molecular complexity index is 281. The molecule has 0 aromatic carbocycles. The summed E-state index contributed by atoms with van der Waals surface area (Å²) in [5, 5.41) is 3.73. The van der Waals surface area contributed by atoms with Gasteiger partial charge in [-0.2, -0.15) is 0 Å². The van der Waals surface area contributed by atoms with Crippen molar-refractivity contribution < 1.29 is 9.47 Å². The molecule has 3 heteroatoms. The summed E-state index contributed by atoms with van der Waals surface area (Å²) in [5.74, 6) is 1.58. The molecule has 2 atom stereocenters. The molecule has 2 heterocycles. The van der Waals surface area contributed by atoms with Gasteiger partial charge in [0, 0.05) is 25.9 Å². The van der Waals surface area contributed by atoms with Crippen molar-refractivity contribution in [2.75, 3.05) is 26.4 Å². The van der Waals surface area contributed by atoms with E-state index in [0.29, 0.717) is 6.04 Å². The lowest BCUT2D eigenvalue weighted by Crippen LogP contribution is -2.44. The van der Waals surface area contributed by atoms with Gasteiger partial charge in [0.15, 0.2) is 0 Å². The maximum Gasteiger partial charge on any atom is 0.0729 e. The highest BCUT2D eigenvalue weighted by atomic mass is 16.5. The molecule has 2 rings (SSSR count). The molecule has 2 saturated heterocycles. The van der Waals surface area contributed by atoms with Crippen molar-refractivity contribution in [1.29, 1.82) is 0 Å². The summed E-state index contributed by atoms with van der Waals surface area (Å²) in [4.78, 5) is 0. The summed E-state index contributed by atoms with van der Waals surface area (Å²) in [5.41, 5.74) is 0.158. The maximum absolute atomic E-state index is 6.16. The van der Waals surface area contributed by atoms with E-state index in [9.17, 15) is 0 Å². The molecule has 2 aliphatic heterocycles. The second kappa shape index (κ2) is 8.50. The van der Waals surface area contributed by atoms with E-state index in [2.05, 4.69) is 26.1 Å². The zero-order valence-corrected chi connectivity index (χ0v) is 14.3. The molecular weight excluding hydrogens is 262 g/mol. The van der Waals surface area contributed by atoms with Crippen LogP contribution in [0, 0.1) is 11.8 Å². The van der Waals surface area contributed by atoms with Crippen LogP contribution in [0.25, 0.3) is 0 Å². The first-order valence-electron chi connectivity index (χ1n) is 9.10. The normalized spacial score (nSPS) is 27.1. The first-order chi connectivity index (χ1) is 10.2. The number of rotatable bonds is 7. The van der Waals surface area contributed by atoms with E-state index in [4.69, 9.17) is 9.47 Å². The van der Waals surface area contributed by atoms with Crippen LogP contribution in [0.2, 0.25) is 0 Å². The summed E-state index contributed by atoms with van der Waals surface area (Å²) in [6, 6.07) is 0.679. The highest BCUT2D eigenvalue weighted by Crippen LogP contribution is 2.38. The Morgan fingerprint density at radius 1 is 1.19 bits per heavy atom. The summed E-state index contributed by atoms with van der Waals surface area (Å²) in [6.07, 6.45) is 8.61. The molecule has 0 aromatic rings. The van der Waals surface area contributed by atoms with Gasteiger partial charge in [-0.15, -0.1) is 0 Å². The van der Waals surface area contributed by atoms with Crippen molar-refractivity contribution in [3.8, 4) is 0 Å². The number of ether oxygens (including phenoxy) is 2. The molecule has 2 aliphatic rings. The molecule has 2 unspecified atom stereocenters. The molecule has 1 N–H and O–H groups in total. The molecule has 3 nitrogen and oxygen atoms in total. The van der Waals surface area contributed by atoms with Crippen LogP contribution in [0.3, 0.4) is 0 Å². The highest BCUT2D eigenvalue weighted by molar-refractivity contribution is 4.89. The predicted octanol–water partition coefficient (Wildman–Crippen LogP) is 3.77. The van der Waals surface area contributed by atoms with E-state index < -0.39 is 0 Å². The van der Waals surface area contributed by atoms with Crippen LogP contribution < -0.4 is 5.32 Å². The van der Waals surface area contributed by atoms with Crippen LogP contribution in [0.5, 0.6) is 0 Å². The number of hydrogen-bond donors (Lipinski definition) is 1. The quantitative estimate of drug-likeness (QED) is 0.776. The summed E-state index contributed by atoms with van der Waals surface area (Å²) < 4.78 is 11.7. The zero-order chi connectivity index (χ0) is 15.1. The molecule has 0 radical (unpaired) electrons.